The summed E-state index contributed by atoms with van der Waals surface area (Å²) in [6.07, 6.45) is 1.45. The van der Waals surface area contributed by atoms with E-state index in [4.69, 9.17) is 4.74 Å². The topological polar surface area (TPSA) is 74.3 Å². The molecule has 3 aromatic rings. The standard InChI is InChI=1S/C20H20N2O3/c1-25-15-7-6-14-10-18(22-17(14)11-15)19(23)21-12-20(24)9-8-13-4-2-3-5-16(13)20/h2-7,10-11,22,24H,8-9,12H2,1H3,(H,21,23)/t20-/m0/s1. The van der Waals surface area contributed by atoms with Crippen molar-refractivity contribution in [2.75, 3.05) is 13.7 Å². The molecule has 0 saturated carbocycles. The fraction of sp³-hybridized carbons (Fsp3) is 0.250. The van der Waals surface area contributed by atoms with Crippen molar-refractivity contribution >= 4 is 16.8 Å². The van der Waals surface area contributed by atoms with Crippen LogP contribution in [0.2, 0.25) is 0 Å². The van der Waals surface area contributed by atoms with E-state index in [0.717, 1.165) is 34.2 Å². The highest BCUT2D eigenvalue weighted by molar-refractivity contribution is 5.98. The Hall–Kier alpha value is -2.79. The molecule has 1 heterocycles. The van der Waals surface area contributed by atoms with Gasteiger partial charge in [0.15, 0.2) is 0 Å². The number of hydrogen-bond acceptors (Lipinski definition) is 3. The lowest BCUT2D eigenvalue weighted by molar-refractivity contribution is 0.0369. The molecule has 3 N–H and O–H groups in total. The number of aryl methyl sites for hydroxylation is 1. The van der Waals surface area contributed by atoms with Gasteiger partial charge in [-0.25, -0.2) is 0 Å². The van der Waals surface area contributed by atoms with Crippen LogP contribution >= 0.6 is 0 Å². The third-order valence-electron chi connectivity index (χ3n) is 4.94. The molecule has 1 aromatic heterocycles. The summed E-state index contributed by atoms with van der Waals surface area (Å²) in [4.78, 5) is 15.6. The Morgan fingerprint density at radius 1 is 1.28 bits per heavy atom. The number of aliphatic hydroxyl groups is 1. The summed E-state index contributed by atoms with van der Waals surface area (Å²) in [5.74, 6) is 0.506. The Bertz CT molecular complexity index is 947. The Morgan fingerprint density at radius 2 is 2.12 bits per heavy atom. The number of fused-ring (bicyclic) bond motifs is 2. The minimum absolute atomic E-state index is 0.196. The van der Waals surface area contributed by atoms with Gasteiger partial charge in [-0.3, -0.25) is 4.79 Å². The number of methoxy groups -OCH3 is 1. The molecule has 1 aliphatic carbocycles. The summed E-state index contributed by atoms with van der Waals surface area (Å²) in [5.41, 5.74) is 2.38. The van der Waals surface area contributed by atoms with E-state index in [1.807, 2.05) is 42.5 Å². The number of aromatic nitrogens is 1. The van der Waals surface area contributed by atoms with Crippen LogP contribution in [0.1, 0.15) is 28.0 Å². The highest BCUT2D eigenvalue weighted by Gasteiger charge is 2.36. The first kappa shape index (κ1) is 15.7. The van der Waals surface area contributed by atoms with E-state index in [9.17, 15) is 9.90 Å². The second-order valence-corrected chi connectivity index (χ2v) is 6.51. The molecule has 0 fully saturated rings. The van der Waals surface area contributed by atoms with Gasteiger partial charge in [-0.2, -0.15) is 0 Å². The molecule has 0 radical (unpaired) electrons. The van der Waals surface area contributed by atoms with Gasteiger partial charge in [-0.05, 0) is 42.2 Å². The first-order chi connectivity index (χ1) is 12.1. The average Bonchev–Trinajstić information content (AvgIpc) is 3.21. The van der Waals surface area contributed by atoms with E-state index < -0.39 is 5.60 Å². The number of nitrogens with one attached hydrogen (secondary N) is 2. The lowest BCUT2D eigenvalue weighted by atomic mass is 9.96. The number of amides is 1. The van der Waals surface area contributed by atoms with Crippen molar-refractivity contribution in [3.8, 4) is 5.75 Å². The number of ether oxygens (including phenoxy) is 1. The summed E-state index contributed by atoms with van der Waals surface area (Å²) in [6.45, 7) is 0.196. The Morgan fingerprint density at radius 3 is 2.96 bits per heavy atom. The largest absolute Gasteiger partial charge is 0.497 e. The third-order valence-corrected chi connectivity index (χ3v) is 4.94. The van der Waals surface area contributed by atoms with Gasteiger partial charge in [0, 0.05) is 17.0 Å². The molecule has 1 atom stereocenters. The summed E-state index contributed by atoms with van der Waals surface area (Å²) < 4.78 is 5.20. The van der Waals surface area contributed by atoms with Crippen LogP contribution in [0, 0.1) is 0 Å². The van der Waals surface area contributed by atoms with E-state index in [-0.39, 0.29) is 12.5 Å². The molecular weight excluding hydrogens is 316 g/mol. The van der Waals surface area contributed by atoms with Gasteiger partial charge in [-0.15, -0.1) is 0 Å². The predicted octanol–water partition coefficient (Wildman–Crippen LogP) is 2.74. The number of hydrogen-bond donors (Lipinski definition) is 3. The SMILES string of the molecule is COc1ccc2cc(C(=O)NC[C@@]3(O)CCc4ccccc43)[nH]c2c1. The van der Waals surface area contributed by atoms with E-state index >= 15 is 0 Å². The van der Waals surface area contributed by atoms with Gasteiger partial charge in [-0.1, -0.05) is 24.3 Å². The molecule has 25 heavy (non-hydrogen) atoms. The molecule has 0 unspecified atom stereocenters. The molecule has 1 amide bonds. The van der Waals surface area contributed by atoms with Crippen LogP contribution in [0.4, 0.5) is 0 Å². The average molecular weight is 336 g/mol. The molecular formula is C20H20N2O3. The number of rotatable bonds is 4. The van der Waals surface area contributed by atoms with Crippen molar-refractivity contribution in [2.45, 2.75) is 18.4 Å². The van der Waals surface area contributed by atoms with Crippen LogP contribution in [0.25, 0.3) is 10.9 Å². The Kier molecular flexibility index (Phi) is 3.73. The maximum atomic E-state index is 12.5. The lowest BCUT2D eigenvalue weighted by Gasteiger charge is -2.24. The molecule has 0 bridgehead atoms. The van der Waals surface area contributed by atoms with Crippen LogP contribution in [-0.4, -0.2) is 29.7 Å². The smallest absolute Gasteiger partial charge is 0.267 e. The Labute approximate surface area is 145 Å². The van der Waals surface area contributed by atoms with Crippen molar-refractivity contribution in [3.05, 3.63) is 65.4 Å². The normalized spacial score (nSPS) is 19.0. The van der Waals surface area contributed by atoms with Gasteiger partial charge in [0.1, 0.15) is 17.0 Å². The monoisotopic (exact) mass is 336 g/mol. The van der Waals surface area contributed by atoms with Crippen molar-refractivity contribution in [1.82, 2.24) is 10.3 Å². The maximum absolute atomic E-state index is 12.5. The van der Waals surface area contributed by atoms with Crippen LogP contribution in [0.3, 0.4) is 0 Å². The van der Waals surface area contributed by atoms with Crippen molar-refractivity contribution < 1.29 is 14.6 Å². The summed E-state index contributed by atoms with van der Waals surface area (Å²) in [6, 6.07) is 15.3. The first-order valence-corrected chi connectivity index (χ1v) is 8.35. The fourth-order valence-electron chi connectivity index (χ4n) is 3.53. The van der Waals surface area contributed by atoms with Crippen molar-refractivity contribution in [2.24, 2.45) is 0 Å². The zero-order chi connectivity index (χ0) is 17.4. The zero-order valence-corrected chi connectivity index (χ0v) is 14.0. The second kappa shape index (κ2) is 5.93. The van der Waals surface area contributed by atoms with E-state index in [0.29, 0.717) is 12.1 Å². The quantitative estimate of drug-likeness (QED) is 0.686. The van der Waals surface area contributed by atoms with Gasteiger partial charge in [0.2, 0.25) is 0 Å². The summed E-state index contributed by atoms with van der Waals surface area (Å²) in [7, 11) is 1.61. The molecule has 5 heteroatoms. The number of benzene rings is 2. The fourth-order valence-corrected chi connectivity index (χ4v) is 3.53. The van der Waals surface area contributed by atoms with Gasteiger partial charge in [0.05, 0.1) is 13.7 Å². The molecule has 0 spiro atoms. The zero-order valence-electron chi connectivity index (χ0n) is 14.0. The van der Waals surface area contributed by atoms with Crippen molar-refractivity contribution in [1.29, 1.82) is 0 Å². The van der Waals surface area contributed by atoms with Crippen LogP contribution in [0.15, 0.2) is 48.5 Å². The molecule has 128 valence electrons. The van der Waals surface area contributed by atoms with E-state index in [2.05, 4.69) is 10.3 Å². The van der Waals surface area contributed by atoms with E-state index in [1.54, 1.807) is 13.2 Å². The molecule has 2 aromatic carbocycles. The van der Waals surface area contributed by atoms with Gasteiger partial charge < -0.3 is 20.1 Å². The highest BCUT2D eigenvalue weighted by Crippen LogP contribution is 2.36. The number of H-pyrrole nitrogens is 1. The number of carbonyl (C=O) groups excluding carboxylic acids is 1. The number of carbonyl (C=O) groups is 1. The van der Waals surface area contributed by atoms with Gasteiger partial charge in [0.25, 0.3) is 5.91 Å². The predicted molar refractivity (Wildman–Crippen MR) is 95.8 cm³/mol. The molecule has 0 saturated heterocycles. The third kappa shape index (κ3) is 2.76. The Balaban J connectivity index is 1.51. The van der Waals surface area contributed by atoms with E-state index in [1.165, 1.54) is 0 Å². The summed E-state index contributed by atoms with van der Waals surface area (Å²) >= 11 is 0. The minimum Gasteiger partial charge on any atom is -0.497 e. The molecule has 0 aliphatic heterocycles. The van der Waals surface area contributed by atoms with Crippen LogP contribution in [-0.2, 0) is 12.0 Å². The highest BCUT2D eigenvalue weighted by atomic mass is 16.5. The molecule has 1 aliphatic rings. The summed E-state index contributed by atoms with van der Waals surface area (Å²) in [5, 5.41) is 14.7. The van der Waals surface area contributed by atoms with Crippen LogP contribution in [0.5, 0.6) is 5.75 Å². The first-order valence-electron chi connectivity index (χ1n) is 8.35. The number of aromatic amines is 1. The van der Waals surface area contributed by atoms with Crippen LogP contribution < -0.4 is 10.1 Å². The minimum atomic E-state index is -0.999. The second-order valence-electron chi connectivity index (χ2n) is 6.51. The lowest BCUT2D eigenvalue weighted by Crippen LogP contribution is -2.39. The maximum Gasteiger partial charge on any atom is 0.267 e. The molecule has 5 nitrogen and oxygen atoms in total. The van der Waals surface area contributed by atoms with Gasteiger partial charge >= 0.3 is 0 Å². The molecule has 4 rings (SSSR count). The van der Waals surface area contributed by atoms with Crippen molar-refractivity contribution in [3.63, 3.8) is 0 Å².